The van der Waals surface area contributed by atoms with Crippen molar-refractivity contribution in [2.75, 3.05) is 6.61 Å². The van der Waals surface area contributed by atoms with Crippen LogP contribution in [-0.2, 0) is 30.4 Å². The van der Waals surface area contributed by atoms with Crippen LogP contribution in [0.3, 0.4) is 0 Å². The molecule has 9 N–H and O–H groups in total. The van der Waals surface area contributed by atoms with Crippen molar-refractivity contribution in [1.29, 1.82) is 0 Å². The number of carbonyl (C=O) groups is 5. The molecule has 5 unspecified atom stereocenters. The summed E-state index contributed by atoms with van der Waals surface area (Å²) >= 11 is 0. The van der Waals surface area contributed by atoms with Crippen LogP contribution in [0.2, 0.25) is 0 Å². The number of rotatable bonds is 14. The van der Waals surface area contributed by atoms with Crippen molar-refractivity contribution >= 4 is 29.7 Å². The van der Waals surface area contributed by atoms with E-state index in [2.05, 4.69) is 10.6 Å². The smallest absolute Gasteiger partial charge is 0.328 e. The van der Waals surface area contributed by atoms with Gasteiger partial charge in [-0.15, -0.1) is 0 Å². The molecule has 0 heterocycles. The number of nitrogens with two attached hydrogens (primary N) is 1. The first-order valence-electron chi connectivity index (χ1n) is 10.9. The summed E-state index contributed by atoms with van der Waals surface area (Å²) in [6.07, 6.45) is -0.313. The number of benzene rings is 1. The molecule has 1 aromatic rings. The highest BCUT2D eigenvalue weighted by atomic mass is 16.4. The third kappa shape index (κ3) is 9.59. The molecule has 0 saturated carbocycles. The van der Waals surface area contributed by atoms with Gasteiger partial charge < -0.3 is 42.1 Å². The molecule has 0 fully saturated rings. The molecular formula is C22H32N4O9. The molecule has 35 heavy (non-hydrogen) atoms. The zero-order valence-corrected chi connectivity index (χ0v) is 19.4. The number of aliphatic carboxylic acids is 2. The Hall–Kier alpha value is -3.71. The summed E-state index contributed by atoms with van der Waals surface area (Å²) in [6.45, 7) is 2.47. The number of hydrogen-bond donors (Lipinski definition) is 8. The first-order valence-corrected chi connectivity index (χ1v) is 10.9. The minimum Gasteiger partial charge on any atom is -0.508 e. The number of carbonyl (C=O) groups excluding carboxylic acids is 3. The monoisotopic (exact) mass is 496 g/mol. The van der Waals surface area contributed by atoms with E-state index in [1.54, 1.807) is 26.0 Å². The van der Waals surface area contributed by atoms with Crippen LogP contribution in [0.25, 0.3) is 0 Å². The predicted molar refractivity (Wildman–Crippen MR) is 122 cm³/mol. The Morgan fingerprint density at radius 3 is 1.97 bits per heavy atom. The van der Waals surface area contributed by atoms with E-state index in [1.165, 1.54) is 12.1 Å². The molecule has 0 radical (unpaired) electrons. The lowest BCUT2D eigenvalue weighted by molar-refractivity contribution is -0.144. The summed E-state index contributed by atoms with van der Waals surface area (Å²) in [5, 5.41) is 43.3. The molecule has 13 nitrogen and oxygen atoms in total. The first kappa shape index (κ1) is 29.3. The van der Waals surface area contributed by atoms with E-state index in [4.69, 9.17) is 21.1 Å². The number of hydrogen-bond acceptors (Lipinski definition) is 8. The van der Waals surface area contributed by atoms with Crippen molar-refractivity contribution in [3.8, 4) is 5.75 Å². The number of carboxylic acids is 2. The third-order valence-corrected chi connectivity index (χ3v) is 5.33. The van der Waals surface area contributed by atoms with Gasteiger partial charge in [-0.05, 0) is 30.0 Å². The summed E-state index contributed by atoms with van der Waals surface area (Å²) < 4.78 is 0. The summed E-state index contributed by atoms with van der Waals surface area (Å²) in [6, 6.07) is 0.485. The molecule has 0 aliphatic rings. The highest BCUT2D eigenvalue weighted by Crippen LogP contribution is 2.12. The average Bonchev–Trinajstić information content (AvgIpc) is 2.80. The number of phenols is 1. The normalized spacial score (nSPS) is 15.1. The fourth-order valence-corrected chi connectivity index (χ4v) is 3.04. The number of carboxylic acid groups (broad SMARTS) is 2. The molecule has 194 valence electrons. The van der Waals surface area contributed by atoms with Gasteiger partial charge in [0.1, 0.15) is 23.9 Å². The Kier molecular flexibility index (Phi) is 11.6. The molecule has 0 spiro atoms. The number of aliphatic hydroxyl groups excluding tert-OH is 1. The van der Waals surface area contributed by atoms with Crippen LogP contribution in [0.4, 0.5) is 0 Å². The molecule has 0 saturated heterocycles. The van der Waals surface area contributed by atoms with Gasteiger partial charge in [0.2, 0.25) is 17.7 Å². The maximum absolute atomic E-state index is 12.9. The summed E-state index contributed by atoms with van der Waals surface area (Å²) in [5.41, 5.74) is 6.64. The van der Waals surface area contributed by atoms with Crippen molar-refractivity contribution in [3.05, 3.63) is 29.8 Å². The van der Waals surface area contributed by atoms with Crippen molar-refractivity contribution in [2.45, 2.75) is 57.3 Å². The molecule has 5 atom stereocenters. The number of amides is 3. The standard InChI is InChI=1S/C22H32N4O9/c1-3-11(2)18(26-19(31)14(23)8-12-4-6-13(28)7-5-12)21(33)24-15(9-17(29)30)20(32)25-16(10-27)22(34)35/h4-7,11,14-16,18,27-28H,3,8-10,23H2,1-2H3,(H,24,33)(H,25,32)(H,26,31)(H,29,30)(H,34,35). The topological polar surface area (TPSA) is 228 Å². The molecule has 3 amide bonds. The Morgan fingerprint density at radius 1 is 0.914 bits per heavy atom. The average molecular weight is 497 g/mol. The lowest BCUT2D eigenvalue weighted by Crippen LogP contribution is -2.59. The molecule has 1 aromatic carbocycles. The van der Waals surface area contributed by atoms with Gasteiger partial charge >= 0.3 is 11.9 Å². The number of nitrogens with one attached hydrogen (secondary N) is 3. The van der Waals surface area contributed by atoms with Crippen LogP contribution < -0.4 is 21.7 Å². The maximum Gasteiger partial charge on any atom is 0.328 e. The number of phenolic OH excluding ortho intramolecular Hbond substituents is 1. The molecule has 0 aliphatic carbocycles. The Morgan fingerprint density at radius 2 is 1.49 bits per heavy atom. The van der Waals surface area contributed by atoms with Gasteiger partial charge in [0.25, 0.3) is 0 Å². The quantitative estimate of drug-likeness (QED) is 0.146. The molecule has 0 aliphatic heterocycles. The SMILES string of the molecule is CCC(C)C(NC(=O)C(N)Cc1ccc(O)cc1)C(=O)NC(CC(=O)O)C(=O)NC(CO)C(=O)O. The Labute approximate surface area is 201 Å². The lowest BCUT2D eigenvalue weighted by Gasteiger charge is -2.27. The Bertz CT molecular complexity index is 907. The molecule has 0 bridgehead atoms. The maximum atomic E-state index is 12.9. The van der Waals surface area contributed by atoms with Gasteiger partial charge in [-0.2, -0.15) is 0 Å². The summed E-state index contributed by atoms with van der Waals surface area (Å²) in [7, 11) is 0. The molecule has 0 aromatic heterocycles. The zero-order chi connectivity index (χ0) is 26.7. The van der Waals surface area contributed by atoms with Gasteiger partial charge in [-0.1, -0.05) is 32.4 Å². The van der Waals surface area contributed by atoms with E-state index in [0.717, 1.165) is 0 Å². The van der Waals surface area contributed by atoms with Crippen molar-refractivity contribution in [2.24, 2.45) is 11.7 Å². The predicted octanol–water partition coefficient (Wildman–Crippen LogP) is -1.69. The molecule has 1 rings (SSSR count). The van der Waals surface area contributed by atoms with Crippen molar-refractivity contribution < 1.29 is 44.4 Å². The largest absolute Gasteiger partial charge is 0.508 e. The third-order valence-electron chi connectivity index (χ3n) is 5.33. The van der Waals surface area contributed by atoms with Gasteiger partial charge in [-0.3, -0.25) is 19.2 Å². The minimum absolute atomic E-state index is 0.0499. The number of aliphatic hydroxyl groups is 1. The van der Waals surface area contributed by atoms with Crippen LogP contribution >= 0.6 is 0 Å². The second-order valence-corrected chi connectivity index (χ2v) is 8.09. The molecular weight excluding hydrogens is 464 g/mol. The number of aromatic hydroxyl groups is 1. The Balaban J connectivity index is 2.97. The van der Waals surface area contributed by atoms with E-state index in [-0.39, 0.29) is 12.2 Å². The van der Waals surface area contributed by atoms with Crippen LogP contribution in [0.15, 0.2) is 24.3 Å². The van der Waals surface area contributed by atoms with Crippen molar-refractivity contribution in [1.82, 2.24) is 16.0 Å². The van der Waals surface area contributed by atoms with Gasteiger partial charge in [0.05, 0.1) is 19.1 Å². The van der Waals surface area contributed by atoms with Gasteiger partial charge in [0, 0.05) is 0 Å². The highest BCUT2D eigenvalue weighted by Gasteiger charge is 2.33. The van der Waals surface area contributed by atoms with E-state index < -0.39 is 72.8 Å². The zero-order valence-electron chi connectivity index (χ0n) is 19.4. The van der Waals surface area contributed by atoms with Gasteiger partial charge in [-0.25, -0.2) is 4.79 Å². The highest BCUT2D eigenvalue weighted by molar-refractivity contribution is 5.95. The minimum atomic E-state index is -1.70. The van der Waals surface area contributed by atoms with Crippen LogP contribution in [-0.4, -0.2) is 80.9 Å². The van der Waals surface area contributed by atoms with E-state index >= 15 is 0 Å². The summed E-state index contributed by atoms with van der Waals surface area (Å²) in [5.74, 6) is -6.02. The molecule has 13 heteroatoms. The second kappa shape index (κ2) is 13.9. The summed E-state index contributed by atoms with van der Waals surface area (Å²) in [4.78, 5) is 60.3. The van der Waals surface area contributed by atoms with E-state index in [1.807, 2.05) is 5.32 Å². The van der Waals surface area contributed by atoms with Crippen molar-refractivity contribution in [3.63, 3.8) is 0 Å². The van der Waals surface area contributed by atoms with E-state index in [0.29, 0.717) is 12.0 Å². The van der Waals surface area contributed by atoms with Crippen LogP contribution in [0.1, 0.15) is 32.3 Å². The van der Waals surface area contributed by atoms with Crippen LogP contribution in [0, 0.1) is 5.92 Å². The first-order chi connectivity index (χ1) is 16.4. The fraction of sp³-hybridized carbons (Fsp3) is 0.500. The van der Waals surface area contributed by atoms with Crippen LogP contribution in [0.5, 0.6) is 5.75 Å². The second-order valence-electron chi connectivity index (χ2n) is 8.09. The lowest BCUT2D eigenvalue weighted by atomic mass is 9.96. The van der Waals surface area contributed by atoms with E-state index in [9.17, 15) is 29.1 Å². The van der Waals surface area contributed by atoms with Gasteiger partial charge in [0.15, 0.2) is 0 Å². The fourth-order valence-electron chi connectivity index (χ4n) is 3.04.